The van der Waals surface area contributed by atoms with Crippen molar-refractivity contribution in [2.75, 3.05) is 0 Å². The number of carboxylic acids is 1. The van der Waals surface area contributed by atoms with Crippen LogP contribution in [-0.4, -0.2) is 22.4 Å². The molecule has 1 aromatic heterocycles. The summed E-state index contributed by atoms with van der Waals surface area (Å²) < 4.78 is 63.7. The monoisotopic (exact) mass is 291 g/mol. The first-order valence-electron chi connectivity index (χ1n) is 4.09. The van der Waals surface area contributed by atoms with E-state index in [2.05, 4.69) is 9.72 Å². The van der Waals surface area contributed by atoms with Crippen molar-refractivity contribution in [3.8, 4) is 5.88 Å². The van der Waals surface area contributed by atoms with Crippen molar-refractivity contribution in [2.45, 2.75) is 12.8 Å². The zero-order chi connectivity index (χ0) is 14.1. The first-order chi connectivity index (χ1) is 8.11. The van der Waals surface area contributed by atoms with Crippen LogP contribution in [0.5, 0.6) is 5.88 Å². The third-order valence-electron chi connectivity index (χ3n) is 1.61. The van der Waals surface area contributed by atoms with E-state index in [1.54, 1.807) is 0 Å². The first-order valence-corrected chi connectivity index (χ1v) is 4.47. The molecule has 0 aliphatic rings. The molecule has 1 rings (SSSR count). The molecule has 0 spiro atoms. The van der Waals surface area contributed by atoms with Crippen molar-refractivity contribution >= 4 is 17.6 Å². The van der Waals surface area contributed by atoms with Crippen LogP contribution in [0.1, 0.15) is 22.5 Å². The Morgan fingerprint density at radius 1 is 1.44 bits per heavy atom. The number of carbonyl (C=O) groups is 1. The van der Waals surface area contributed by atoms with Crippen molar-refractivity contribution in [1.29, 1.82) is 0 Å². The number of hydrogen-bond acceptors (Lipinski definition) is 3. The Labute approximate surface area is 101 Å². The summed E-state index contributed by atoms with van der Waals surface area (Å²) in [5, 5.41) is 7.79. The molecular weight excluding hydrogens is 289 g/mol. The van der Waals surface area contributed by atoms with Crippen LogP contribution < -0.4 is 4.74 Å². The zero-order valence-electron chi connectivity index (χ0n) is 8.13. The number of rotatable bonds is 3. The number of ether oxygens (including phenoxy) is 1. The van der Waals surface area contributed by atoms with Gasteiger partial charge < -0.3 is 9.84 Å². The molecule has 0 aliphatic heterocycles. The van der Waals surface area contributed by atoms with Crippen LogP contribution in [-0.2, 0) is 0 Å². The number of nitrogens with zero attached hydrogens (tertiary/aromatic N) is 1. The lowest BCUT2D eigenvalue weighted by atomic mass is 10.2. The average molecular weight is 292 g/mol. The molecular formula is C8H3ClF5NO3. The molecule has 0 aliphatic carbocycles. The van der Waals surface area contributed by atoms with Crippen LogP contribution in [0, 0.1) is 0 Å². The molecule has 0 saturated heterocycles. The van der Waals surface area contributed by atoms with E-state index >= 15 is 0 Å². The fourth-order valence-corrected chi connectivity index (χ4v) is 1.27. The lowest BCUT2D eigenvalue weighted by Gasteiger charge is -2.12. The van der Waals surface area contributed by atoms with Crippen LogP contribution in [0.3, 0.4) is 0 Å². The highest BCUT2D eigenvalue weighted by Crippen LogP contribution is 2.32. The van der Waals surface area contributed by atoms with Gasteiger partial charge in [0.2, 0.25) is 5.88 Å². The molecule has 10 heteroatoms. The van der Waals surface area contributed by atoms with Crippen LogP contribution in [0.25, 0.3) is 0 Å². The van der Waals surface area contributed by atoms with Crippen molar-refractivity contribution in [2.24, 2.45) is 0 Å². The Hall–Kier alpha value is -1.64. The van der Waals surface area contributed by atoms with E-state index in [4.69, 9.17) is 16.7 Å². The highest BCUT2D eigenvalue weighted by atomic mass is 35.5. The molecule has 0 atom stereocenters. The van der Waals surface area contributed by atoms with Gasteiger partial charge in [0.25, 0.3) is 6.43 Å². The van der Waals surface area contributed by atoms with Gasteiger partial charge in [-0.05, 0) is 6.07 Å². The Balaban J connectivity index is 3.38. The lowest BCUT2D eigenvalue weighted by molar-refractivity contribution is -0.276. The fraction of sp³-hybridized carbons (Fsp3) is 0.250. The van der Waals surface area contributed by atoms with Crippen molar-refractivity contribution in [3.63, 3.8) is 0 Å². The van der Waals surface area contributed by atoms with Crippen molar-refractivity contribution in [3.05, 3.63) is 22.3 Å². The number of alkyl halides is 5. The summed E-state index contributed by atoms with van der Waals surface area (Å²) in [4.78, 5) is 13.4. The van der Waals surface area contributed by atoms with Gasteiger partial charge in [-0.15, -0.1) is 13.2 Å². The molecule has 0 unspecified atom stereocenters. The van der Waals surface area contributed by atoms with E-state index in [0.717, 1.165) is 0 Å². The van der Waals surface area contributed by atoms with Crippen molar-refractivity contribution < 1.29 is 36.6 Å². The van der Waals surface area contributed by atoms with E-state index in [9.17, 15) is 26.7 Å². The van der Waals surface area contributed by atoms with E-state index in [1.807, 2.05) is 0 Å². The third kappa shape index (κ3) is 3.42. The molecule has 18 heavy (non-hydrogen) atoms. The molecule has 4 nitrogen and oxygen atoms in total. The van der Waals surface area contributed by atoms with Gasteiger partial charge in [-0.25, -0.2) is 18.6 Å². The minimum atomic E-state index is -5.28. The zero-order valence-corrected chi connectivity index (χ0v) is 8.89. The molecule has 100 valence electrons. The first kappa shape index (κ1) is 14.4. The largest absolute Gasteiger partial charge is 0.574 e. The minimum absolute atomic E-state index is 0.457. The molecule has 0 saturated carbocycles. The summed E-state index contributed by atoms with van der Waals surface area (Å²) in [7, 11) is 0. The van der Waals surface area contributed by atoms with Crippen molar-refractivity contribution in [1.82, 2.24) is 4.98 Å². The Bertz CT molecular complexity index is 477. The molecule has 0 radical (unpaired) electrons. The van der Waals surface area contributed by atoms with Gasteiger partial charge in [-0.3, -0.25) is 0 Å². The van der Waals surface area contributed by atoms with E-state index in [1.165, 1.54) is 0 Å². The standard InChI is InChI=1S/C8H3ClF5NO3/c9-2-1-3(5(10)11)15-6(4(2)7(16)17)18-8(12,13)14/h1,5H,(H,16,17). The van der Waals surface area contributed by atoms with Crippen LogP contribution in [0.2, 0.25) is 5.02 Å². The normalized spacial score (nSPS) is 11.7. The van der Waals surface area contributed by atoms with Gasteiger partial charge in [0.05, 0.1) is 5.02 Å². The quantitative estimate of drug-likeness (QED) is 0.868. The fourth-order valence-electron chi connectivity index (χ4n) is 0.998. The third-order valence-corrected chi connectivity index (χ3v) is 1.91. The van der Waals surface area contributed by atoms with Gasteiger partial charge in [-0.1, -0.05) is 11.6 Å². The van der Waals surface area contributed by atoms with Gasteiger partial charge >= 0.3 is 12.3 Å². The SMILES string of the molecule is O=C(O)c1c(Cl)cc(C(F)F)nc1OC(F)(F)F. The van der Waals surface area contributed by atoms with E-state index < -0.39 is 40.9 Å². The van der Waals surface area contributed by atoms with Crippen LogP contribution in [0.15, 0.2) is 6.07 Å². The number of aromatic carboxylic acids is 1. The minimum Gasteiger partial charge on any atom is -0.477 e. The molecule has 0 fully saturated rings. The molecule has 0 amide bonds. The second-order valence-corrected chi connectivity index (χ2v) is 3.27. The summed E-state index contributed by atoms with van der Waals surface area (Å²) in [5.74, 6) is -3.41. The molecule has 1 heterocycles. The van der Waals surface area contributed by atoms with Gasteiger partial charge in [0.1, 0.15) is 11.3 Å². The molecule has 0 bridgehead atoms. The topological polar surface area (TPSA) is 59.4 Å². The number of pyridine rings is 1. The Morgan fingerprint density at radius 3 is 2.39 bits per heavy atom. The summed E-state index contributed by atoms with van der Waals surface area (Å²) in [6.45, 7) is 0. The smallest absolute Gasteiger partial charge is 0.477 e. The number of hydrogen-bond donors (Lipinski definition) is 1. The summed E-state index contributed by atoms with van der Waals surface area (Å²) in [6, 6.07) is 0.457. The summed E-state index contributed by atoms with van der Waals surface area (Å²) >= 11 is 5.30. The van der Waals surface area contributed by atoms with Gasteiger partial charge in [0, 0.05) is 0 Å². The van der Waals surface area contributed by atoms with Crippen LogP contribution >= 0.6 is 11.6 Å². The maximum Gasteiger partial charge on any atom is 0.574 e. The average Bonchev–Trinajstić information content (AvgIpc) is 2.12. The van der Waals surface area contributed by atoms with E-state index in [-0.39, 0.29) is 0 Å². The molecule has 0 aromatic carbocycles. The lowest BCUT2D eigenvalue weighted by Crippen LogP contribution is -2.20. The molecule has 1 aromatic rings. The number of halogens is 6. The highest BCUT2D eigenvalue weighted by molar-refractivity contribution is 6.33. The predicted octanol–water partition coefficient (Wildman–Crippen LogP) is 3.27. The predicted molar refractivity (Wildman–Crippen MR) is 47.8 cm³/mol. The maximum absolute atomic E-state index is 12.3. The second-order valence-electron chi connectivity index (χ2n) is 2.86. The number of carboxylic acid groups (broad SMARTS) is 1. The summed E-state index contributed by atoms with van der Waals surface area (Å²) in [6.07, 6.45) is -8.50. The molecule has 1 N–H and O–H groups in total. The second kappa shape index (κ2) is 4.92. The Morgan fingerprint density at radius 2 is 2.00 bits per heavy atom. The summed E-state index contributed by atoms with van der Waals surface area (Å²) in [5.41, 5.74) is -2.26. The van der Waals surface area contributed by atoms with Gasteiger partial charge in [-0.2, -0.15) is 0 Å². The van der Waals surface area contributed by atoms with Crippen LogP contribution in [0.4, 0.5) is 22.0 Å². The maximum atomic E-state index is 12.3. The van der Waals surface area contributed by atoms with E-state index in [0.29, 0.717) is 6.07 Å². The highest BCUT2D eigenvalue weighted by Gasteiger charge is 2.35. The van der Waals surface area contributed by atoms with Gasteiger partial charge in [0.15, 0.2) is 0 Å². The number of aromatic nitrogens is 1. The Kier molecular flexibility index (Phi) is 3.95.